The maximum atomic E-state index is 12.6. The van der Waals surface area contributed by atoms with Crippen molar-refractivity contribution in [2.24, 2.45) is 0 Å². The van der Waals surface area contributed by atoms with Crippen molar-refractivity contribution < 1.29 is 4.79 Å². The van der Waals surface area contributed by atoms with E-state index in [0.717, 1.165) is 41.2 Å². The fourth-order valence-electron chi connectivity index (χ4n) is 3.50. The number of carbonyl (C=O) groups is 1. The Kier molecular flexibility index (Phi) is 6.88. The number of thiophene rings is 1. The van der Waals surface area contributed by atoms with Crippen molar-refractivity contribution in [3.63, 3.8) is 0 Å². The van der Waals surface area contributed by atoms with Gasteiger partial charge in [0.2, 0.25) is 5.91 Å². The number of carbonyl (C=O) groups excluding carboxylic acids is 1. The van der Waals surface area contributed by atoms with Crippen molar-refractivity contribution in [2.75, 3.05) is 13.6 Å². The zero-order chi connectivity index (χ0) is 18.6. The lowest BCUT2D eigenvalue weighted by molar-refractivity contribution is -0.130. The number of nitrogens with one attached hydrogen (secondary N) is 1. The first-order chi connectivity index (χ1) is 13.2. The molecule has 3 heterocycles. The van der Waals surface area contributed by atoms with Crippen molar-refractivity contribution in [1.82, 2.24) is 20.0 Å². The third-order valence-corrected chi connectivity index (χ3v) is 5.86. The van der Waals surface area contributed by atoms with E-state index in [9.17, 15) is 4.79 Å². The maximum Gasteiger partial charge on any atom is 0.224 e. The van der Waals surface area contributed by atoms with Gasteiger partial charge in [-0.05, 0) is 43.0 Å². The van der Waals surface area contributed by atoms with Crippen LogP contribution >= 0.6 is 23.7 Å². The van der Waals surface area contributed by atoms with Crippen LogP contribution in [0.1, 0.15) is 24.8 Å². The fraction of sp³-hybridized carbons (Fsp3) is 0.333. The summed E-state index contributed by atoms with van der Waals surface area (Å²) in [5.41, 5.74) is 3.04. The summed E-state index contributed by atoms with van der Waals surface area (Å²) in [4.78, 5) is 15.6. The molecule has 1 saturated heterocycles. The molecule has 1 amide bonds. The first-order valence-electron chi connectivity index (χ1n) is 9.36. The molecule has 0 spiro atoms. The van der Waals surface area contributed by atoms with E-state index < -0.39 is 0 Å². The van der Waals surface area contributed by atoms with Gasteiger partial charge in [0.25, 0.3) is 0 Å². The Morgan fingerprint density at radius 2 is 2.11 bits per heavy atom. The van der Waals surface area contributed by atoms with Crippen molar-refractivity contribution in [3.8, 4) is 16.3 Å². The normalized spacial score (nSPS) is 16.0. The Labute approximate surface area is 175 Å². The van der Waals surface area contributed by atoms with E-state index in [1.165, 1.54) is 0 Å². The molecule has 0 radical (unpaired) electrons. The second kappa shape index (κ2) is 9.37. The van der Waals surface area contributed by atoms with E-state index in [1.54, 1.807) is 11.3 Å². The summed E-state index contributed by atoms with van der Waals surface area (Å²) in [6.07, 6.45) is 4.86. The summed E-state index contributed by atoms with van der Waals surface area (Å²) in [7, 11) is 1.88. The molecular formula is C21H25ClN4OS. The molecule has 1 N–H and O–H groups in total. The second-order valence-electron chi connectivity index (χ2n) is 7.01. The van der Waals surface area contributed by atoms with E-state index in [1.807, 2.05) is 59.2 Å². The van der Waals surface area contributed by atoms with E-state index in [2.05, 4.69) is 16.8 Å². The van der Waals surface area contributed by atoms with Crippen molar-refractivity contribution >= 4 is 29.7 Å². The molecule has 28 heavy (non-hydrogen) atoms. The van der Waals surface area contributed by atoms with E-state index in [0.29, 0.717) is 19.0 Å². The van der Waals surface area contributed by atoms with Crippen LogP contribution in [-0.4, -0.2) is 40.2 Å². The minimum absolute atomic E-state index is 0. The van der Waals surface area contributed by atoms with Gasteiger partial charge in [-0.1, -0.05) is 24.3 Å². The Hall–Kier alpha value is -2.15. The lowest BCUT2D eigenvalue weighted by atomic mass is 10.1. The van der Waals surface area contributed by atoms with Crippen LogP contribution in [0.4, 0.5) is 0 Å². The monoisotopic (exact) mass is 416 g/mol. The lowest BCUT2D eigenvalue weighted by Crippen LogP contribution is -2.33. The second-order valence-corrected chi connectivity index (χ2v) is 7.96. The number of nitrogens with zero attached hydrogens (tertiary/aromatic N) is 3. The van der Waals surface area contributed by atoms with Crippen LogP contribution in [-0.2, 0) is 11.3 Å². The Balaban J connectivity index is 0.00000225. The number of halogens is 1. The molecule has 1 aliphatic heterocycles. The van der Waals surface area contributed by atoms with E-state index >= 15 is 0 Å². The third-order valence-electron chi connectivity index (χ3n) is 4.98. The van der Waals surface area contributed by atoms with Gasteiger partial charge in [-0.3, -0.25) is 4.79 Å². The third kappa shape index (κ3) is 4.63. The van der Waals surface area contributed by atoms with Crippen LogP contribution in [0, 0.1) is 0 Å². The van der Waals surface area contributed by atoms with Gasteiger partial charge in [0.15, 0.2) is 0 Å². The van der Waals surface area contributed by atoms with Gasteiger partial charge in [-0.2, -0.15) is 5.10 Å². The summed E-state index contributed by atoms with van der Waals surface area (Å²) < 4.78 is 1.90. The standard InChI is InChI=1S/C21H24N4OS.ClH/c1-24(20(26)13-17-7-5-11-22-17)14-16-15-25(18-8-3-2-4-9-18)23-21(16)19-10-6-12-27-19;/h2-4,6,8-10,12,15,17,22H,5,7,11,13-14H2,1H3;1H. The van der Waals surface area contributed by atoms with Crippen molar-refractivity contribution in [1.29, 1.82) is 0 Å². The molecule has 2 aromatic heterocycles. The van der Waals surface area contributed by atoms with Crippen LogP contribution in [0.15, 0.2) is 54.0 Å². The van der Waals surface area contributed by atoms with Crippen molar-refractivity contribution in [3.05, 3.63) is 59.6 Å². The number of aromatic nitrogens is 2. The summed E-state index contributed by atoms with van der Waals surface area (Å²) in [6.45, 7) is 1.58. The number of para-hydroxylation sites is 1. The first-order valence-corrected chi connectivity index (χ1v) is 10.2. The van der Waals surface area contributed by atoms with E-state index in [-0.39, 0.29) is 18.3 Å². The molecule has 1 atom stereocenters. The minimum atomic E-state index is 0. The number of amides is 1. The van der Waals surface area contributed by atoms with E-state index in [4.69, 9.17) is 5.10 Å². The zero-order valence-corrected chi connectivity index (χ0v) is 17.5. The maximum absolute atomic E-state index is 12.6. The Morgan fingerprint density at radius 3 is 2.79 bits per heavy atom. The molecule has 1 fully saturated rings. The van der Waals surface area contributed by atoms with Crippen molar-refractivity contribution in [2.45, 2.75) is 31.8 Å². The van der Waals surface area contributed by atoms with Crippen LogP contribution < -0.4 is 5.32 Å². The van der Waals surface area contributed by atoms with Gasteiger partial charge < -0.3 is 10.2 Å². The molecule has 0 aliphatic carbocycles. The van der Waals surface area contributed by atoms with Gasteiger partial charge in [0.05, 0.1) is 10.6 Å². The summed E-state index contributed by atoms with van der Waals surface area (Å²) in [5, 5.41) is 10.3. The highest BCUT2D eigenvalue weighted by Crippen LogP contribution is 2.28. The topological polar surface area (TPSA) is 50.2 Å². The van der Waals surface area contributed by atoms with Gasteiger partial charge in [0, 0.05) is 37.8 Å². The summed E-state index contributed by atoms with van der Waals surface area (Å²) in [5.74, 6) is 0.180. The predicted molar refractivity (Wildman–Crippen MR) is 116 cm³/mol. The lowest BCUT2D eigenvalue weighted by Gasteiger charge is -2.19. The van der Waals surface area contributed by atoms with Gasteiger partial charge in [-0.25, -0.2) is 4.68 Å². The molecule has 1 aliphatic rings. The summed E-state index contributed by atoms with van der Waals surface area (Å²) in [6, 6.07) is 14.5. The molecular weight excluding hydrogens is 392 g/mol. The van der Waals surface area contributed by atoms with Gasteiger partial charge >= 0.3 is 0 Å². The highest BCUT2D eigenvalue weighted by atomic mass is 35.5. The number of rotatable bonds is 6. The summed E-state index contributed by atoms with van der Waals surface area (Å²) >= 11 is 1.67. The SMILES string of the molecule is CN(Cc1cn(-c2ccccc2)nc1-c1cccs1)C(=O)CC1CCCN1.Cl. The molecule has 5 nitrogen and oxygen atoms in total. The zero-order valence-electron chi connectivity index (χ0n) is 15.9. The quantitative estimate of drug-likeness (QED) is 0.657. The highest BCUT2D eigenvalue weighted by molar-refractivity contribution is 7.13. The molecule has 0 bridgehead atoms. The van der Waals surface area contributed by atoms with Crippen LogP contribution in [0.2, 0.25) is 0 Å². The molecule has 7 heteroatoms. The van der Waals surface area contributed by atoms with Crippen LogP contribution in [0.25, 0.3) is 16.3 Å². The first kappa shape index (κ1) is 20.6. The van der Waals surface area contributed by atoms with Crippen LogP contribution in [0.5, 0.6) is 0 Å². The Morgan fingerprint density at radius 1 is 1.29 bits per heavy atom. The average Bonchev–Trinajstić information content (AvgIpc) is 3.44. The highest BCUT2D eigenvalue weighted by Gasteiger charge is 2.22. The molecule has 3 aromatic rings. The molecule has 0 saturated carbocycles. The van der Waals surface area contributed by atoms with Crippen LogP contribution in [0.3, 0.4) is 0 Å². The Bertz CT molecular complexity index is 889. The fourth-order valence-corrected chi connectivity index (χ4v) is 4.24. The largest absolute Gasteiger partial charge is 0.341 e. The number of hydrogen-bond donors (Lipinski definition) is 1. The molecule has 4 rings (SSSR count). The number of benzene rings is 1. The molecule has 1 unspecified atom stereocenters. The average molecular weight is 417 g/mol. The molecule has 148 valence electrons. The number of hydrogen-bond acceptors (Lipinski definition) is 4. The molecule has 1 aromatic carbocycles. The smallest absolute Gasteiger partial charge is 0.224 e. The minimum Gasteiger partial charge on any atom is -0.341 e. The van der Waals surface area contributed by atoms with Gasteiger partial charge in [-0.15, -0.1) is 23.7 Å². The predicted octanol–water partition coefficient (Wildman–Crippen LogP) is 4.12. The van der Waals surface area contributed by atoms with Gasteiger partial charge in [0.1, 0.15) is 5.69 Å².